The first-order chi connectivity index (χ1) is 7.06. The van der Waals surface area contributed by atoms with Crippen LogP contribution in [-0.2, 0) is 4.79 Å². The van der Waals surface area contributed by atoms with E-state index in [1.807, 2.05) is 0 Å². The second-order valence-corrected chi connectivity index (χ2v) is 3.34. The molecule has 6 heteroatoms. The van der Waals surface area contributed by atoms with Crippen molar-refractivity contribution in [2.24, 2.45) is 5.73 Å². The predicted octanol–water partition coefficient (Wildman–Crippen LogP) is 1.16. The molecule has 0 aliphatic carbocycles. The van der Waals surface area contributed by atoms with E-state index in [9.17, 15) is 14.9 Å². The summed E-state index contributed by atoms with van der Waals surface area (Å²) >= 11 is 4.70. The lowest BCUT2D eigenvalue weighted by Gasteiger charge is -2.07. The highest BCUT2D eigenvalue weighted by Gasteiger charge is 2.14. The van der Waals surface area contributed by atoms with Crippen LogP contribution < -0.4 is 5.73 Å². The second-order valence-electron chi connectivity index (χ2n) is 2.86. The van der Waals surface area contributed by atoms with Crippen LogP contribution in [0.4, 0.5) is 5.69 Å². The largest absolute Gasteiger partial charge is 0.392 e. The summed E-state index contributed by atoms with van der Waals surface area (Å²) in [6, 6.07) is 5.56. The minimum atomic E-state index is -0.680. The van der Waals surface area contributed by atoms with Crippen molar-refractivity contribution in [2.75, 3.05) is 0 Å². The summed E-state index contributed by atoms with van der Waals surface area (Å²) in [6.07, 6.45) is 0.615. The molecule has 0 aliphatic heterocycles. The molecule has 0 spiro atoms. The van der Waals surface area contributed by atoms with Gasteiger partial charge in [0.25, 0.3) is 5.69 Å². The van der Waals surface area contributed by atoms with Crippen LogP contribution >= 0.6 is 12.2 Å². The van der Waals surface area contributed by atoms with Crippen molar-refractivity contribution in [1.82, 2.24) is 0 Å². The topological polar surface area (TPSA) is 86.2 Å². The van der Waals surface area contributed by atoms with Crippen LogP contribution in [0.5, 0.6) is 0 Å². The summed E-state index contributed by atoms with van der Waals surface area (Å²) in [7, 11) is 0. The smallest absolute Gasteiger partial charge is 0.269 e. The van der Waals surface area contributed by atoms with Gasteiger partial charge >= 0.3 is 0 Å². The molecule has 0 aromatic heterocycles. The molecule has 78 valence electrons. The fourth-order valence-electron chi connectivity index (χ4n) is 1.11. The van der Waals surface area contributed by atoms with Gasteiger partial charge in [0.15, 0.2) is 0 Å². The normalized spacial score (nSPS) is 11.7. The highest BCUT2D eigenvalue weighted by molar-refractivity contribution is 7.80. The van der Waals surface area contributed by atoms with Crippen LogP contribution in [0, 0.1) is 10.1 Å². The van der Waals surface area contributed by atoms with Crippen molar-refractivity contribution < 1.29 is 9.72 Å². The molecule has 1 unspecified atom stereocenters. The maximum atomic E-state index is 10.7. The summed E-state index contributed by atoms with van der Waals surface area (Å²) in [5, 5.41) is 10.4. The molecule has 0 saturated carbocycles. The fraction of sp³-hybridized carbons (Fsp3) is 0.111. The minimum Gasteiger partial charge on any atom is -0.392 e. The van der Waals surface area contributed by atoms with Gasteiger partial charge in [0.2, 0.25) is 0 Å². The number of nitro benzene ring substituents is 1. The zero-order valence-electron chi connectivity index (χ0n) is 7.62. The van der Waals surface area contributed by atoms with Crippen LogP contribution in [0.25, 0.3) is 0 Å². The molecule has 1 rings (SSSR count). The third kappa shape index (κ3) is 2.57. The number of carbonyl (C=O) groups excluding carboxylic acids is 1. The van der Waals surface area contributed by atoms with E-state index in [1.165, 1.54) is 24.3 Å². The van der Waals surface area contributed by atoms with E-state index in [4.69, 9.17) is 18.0 Å². The summed E-state index contributed by atoms with van der Waals surface area (Å²) in [4.78, 5) is 20.6. The van der Waals surface area contributed by atoms with Gasteiger partial charge in [-0.05, 0) is 5.56 Å². The lowest BCUT2D eigenvalue weighted by molar-refractivity contribution is -0.384. The number of nitro groups is 1. The molecule has 1 atom stereocenters. The molecule has 0 fully saturated rings. The van der Waals surface area contributed by atoms with E-state index >= 15 is 0 Å². The highest BCUT2D eigenvalue weighted by atomic mass is 32.1. The summed E-state index contributed by atoms with van der Waals surface area (Å²) in [5.41, 5.74) is 5.87. The van der Waals surface area contributed by atoms with Crippen molar-refractivity contribution in [1.29, 1.82) is 0 Å². The number of carbonyl (C=O) groups is 1. The van der Waals surface area contributed by atoms with E-state index in [-0.39, 0.29) is 10.7 Å². The Balaban J connectivity index is 3.02. The van der Waals surface area contributed by atoms with Crippen molar-refractivity contribution >= 4 is 29.2 Å². The maximum absolute atomic E-state index is 10.7. The van der Waals surface area contributed by atoms with Gasteiger partial charge in [-0.2, -0.15) is 0 Å². The molecule has 5 nitrogen and oxygen atoms in total. The van der Waals surface area contributed by atoms with Gasteiger partial charge in [0.05, 0.1) is 15.8 Å². The van der Waals surface area contributed by atoms with Crippen LogP contribution in [0.1, 0.15) is 11.5 Å². The van der Waals surface area contributed by atoms with Crippen LogP contribution in [0.2, 0.25) is 0 Å². The number of hydrogen-bond donors (Lipinski definition) is 1. The van der Waals surface area contributed by atoms with E-state index in [0.29, 0.717) is 11.8 Å². The van der Waals surface area contributed by atoms with Gasteiger partial charge in [-0.25, -0.2) is 0 Å². The zero-order chi connectivity index (χ0) is 11.4. The van der Waals surface area contributed by atoms with E-state index < -0.39 is 10.8 Å². The fourth-order valence-corrected chi connectivity index (χ4v) is 1.30. The molecule has 0 aliphatic rings. The number of thiocarbonyl (C=S) groups is 1. The lowest BCUT2D eigenvalue weighted by Crippen LogP contribution is -2.20. The summed E-state index contributed by atoms with van der Waals surface area (Å²) in [6.45, 7) is 0. The van der Waals surface area contributed by atoms with Gasteiger partial charge in [0.1, 0.15) is 6.29 Å². The van der Waals surface area contributed by atoms with Crippen LogP contribution in [-0.4, -0.2) is 16.2 Å². The number of benzene rings is 1. The monoisotopic (exact) mass is 224 g/mol. The van der Waals surface area contributed by atoms with E-state index in [1.54, 1.807) is 0 Å². The first-order valence-corrected chi connectivity index (χ1v) is 4.46. The number of rotatable bonds is 4. The highest BCUT2D eigenvalue weighted by Crippen LogP contribution is 2.18. The first-order valence-electron chi connectivity index (χ1n) is 4.05. The molecular weight excluding hydrogens is 216 g/mol. The predicted molar refractivity (Wildman–Crippen MR) is 58.7 cm³/mol. The standard InChI is InChI=1S/C9H8N2O3S/c10-9(15)8(5-12)6-1-3-7(4-2-6)11(13)14/h1-5,8H,(H2,10,15). The number of nitrogens with zero attached hydrogens (tertiary/aromatic N) is 1. The Morgan fingerprint density at radius 1 is 1.47 bits per heavy atom. The van der Waals surface area contributed by atoms with E-state index in [0.717, 1.165) is 0 Å². The second kappa shape index (κ2) is 4.61. The van der Waals surface area contributed by atoms with Crippen LogP contribution in [0.3, 0.4) is 0 Å². The number of aldehydes is 1. The molecule has 15 heavy (non-hydrogen) atoms. The number of hydrogen-bond acceptors (Lipinski definition) is 4. The van der Waals surface area contributed by atoms with Gasteiger partial charge in [0, 0.05) is 12.1 Å². The summed E-state index contributed by atoms with van der Waals surface area (Å²) < 4.78 is 0. The molecule has 0 amide bonds. The van der Waals surface area contributed by atoms with Crippen molar-refractivity contribution in [3.63, 3.8) is 0 Å². The van der Waals surface area contributed by atoms with Crippen molar-refractivity contribution in [3.05, 3.63) is 39.9 Å². The molecule has 0 bridgehead atoms. The summed E-state index contributed by atoms with van der Waals surface area (Å²) in [5.74, 6) is -0.680. The number of non-ortho nitro benzene ring substituents is 1. The molecular formula is C9H8N2O3S. The molecule has 0 saturated heterocycles. The molecule has 1 aromatic rings. The first kappa shape index (κ1) is 11.3. The van der Waals surface area contributed by atoms with Crippen LogP contribution in [0.15, 0.2) is 24.3 Å². The SMILES string of the molecule is NC(=S)C(C=O)c1ccc([N+](=O)[O-])cc1. The average molecular weight is 224 g/mol. The Hall–Kier alpha value is -1.82. The van der Waals surface area contributed by atoms with E-state index in [2.05, 4.69) is 0 Å². The van der Waals surface area contributed by atoms with Gasteiger partial charge in [-0.15, -0.1) is 0 Å². The quantitative estimate of drug-likeness (QED) is 0.359. The molecule has 1 aromatic carbocycles. The van der Waals surface area contributed by atoms with Crippen molar-refractivity contribution in [3.8, 4) is 0 Å². The molecule has 0 radical (unpaired) electrons. The molecule has 0 heterocycles. The third-order valence-electron chi connectivity index (χ3n) is 1.91. The minimum absolute atomic E-state index is 0.0358. The average Bonchev–Trinajstić information content (AvgIpc) is 2.19. The Kier molecular flexibility index (Phi) is 3.46. The zero-order valence-corrected chi connectivity index (χ0v) is 8.44. The molecule has 2 N–H and O–H groups in total. The Morgan fingerprint density at radius 2 is 2.00 bits per heavy atom. The van der Waals surface area contributed by atoms with Crippen molar-refractivity contribution in [2.45, 2.75) is 5.92 Å². The third-order valence-corrected chi connectivity index (χ3v) is 2.16. The Bertz CT molecular complexity index is 402. The van der Waals surface area contributed by atoms with Gasteiger partial charge in [-0.1, -0.05) is 24.4 Å². The Morgan fingerprint density at radius 3 is 2.33 bits per heavy atom. The Labute approximate surface area is 91.0 Å². The van der Waals surface area contributed by atoms with Gasteiger partial charge in [-0.3, -0.25) is 10.1 Å². The van der Waals surface area contributed by atoms with Gasteiger partial charge < -0.3 is 10.5 Å². The number of nitrogens with two attached hydrogens (primary N) is 1. The lowest BCUT2D eigenvalue weighted by atomic mass is 10.0. The maximum Gasteiger partial charge on any atom is 0.269 e.